The minimum absolute atomic E-state index is 0.181. The van der Waals surface area contributed by atoms with Crippen LogP contribution >= 0.6 is 0 Å². The van der Waals surface area contributed by atoms with E-state index in [4.69, 9.17) is 24.0 Å². The molecular formula is C29H38N3O10+. The molecule has 13 heteroatoms. The number of nitrogens with zero attached hydrogens (tertiary/aromatic N) is 1. The topological polar surface area (TPSA) is 188 Å². The Morgan fingerprint density at radius 2 is 1.98 bits per heavy atom. The third kappa shape index (κ3) is 5.80. The number of fused-ring (bicyclic) bond motifs is 3. The number of allylic oxidation sites excluding steroid dienone is 1. The fraction of sp³-hybridized carbons (Fsp3) is 0.517. The van der Waals surface area contributed by atoms with E-state index in [-0.39, 0.29) is 5.43 Å². The summed E-state index contributed by atoms with van der Waals surface area (Å²) in [5, 5.41) is 52.4. The molecule has 0 saturated carbocycles. The van der Waals surface area contributed by atoms with Crippen molar-refractivity contribution in [2.24, 2.45) is 4.99 Å². The Bertz CT molecular complexity index is 1470. The lowest BCUT2D eigenvalue weighted by atomic mass is 9.86. The monoisotopic (exact) mass is 588 g/mol. The summed E-state index contributed by atoms with van der Waals surface area (Å²) < 4.78 is 12.9. The summed E-state index contributed by atoms with van der Waals surface area (Å²) in [6.07, 6.45) is -1.01. The number of aryl methyl sites for hydroxylation is 1. The number of rotatable bonds is 12. The van der Waals surface area contributed by atoms with E-state index in [0.717, 1.165) is 16.2 Å². The Balaban J connectivity index is 1.47. The first-order valence-electron chi connectivity index (χ1n) is 13.9. The van der Waals surface area contributed by atoms with Crippen LogP contribution in [0, 0.1) is 6.92 Å². The molecule has 1 aromatic carbocycles. The first kappa shape index (κ1) is 30.5. The molecule has 7 N–H and O–H groups in total. The molecule has 0 radical (unpaired) electrons. The second-order valence-corrected chi connectivity index (χ2v) is 11.2. The number of aliphatic hydroxyl groups excluding tert-OH is 5. The highest BCUT2D eigenvalue weighted by Crippen LogP contribution is 2.44. The molecule has 2 aromatic rings. The maximum Gasteiger partial charge on any atom is 0.222 e. The molecule has 0 spiro atoms. The minimum atomic E-state index is -1.79. The maximum atomic E-state index is 13.1. The van der Waals surface area contributed by atoms with Gasteiger partial charge in [0.05, 0.1) is 12.0 Å². The van der Waals surface area contributed by atoms with Gasteiger partial charge in [-0.3, -0.25) is 14.7 Å². The summed E-state index contributed by atoms with van der Waals surface area (Å²) >= 11 is 0. The van der Waals surface area contributed by atoms with Gasteiger partial charge in [0.15, 0.2) is 11.2 Å². The number of aliphatic hydroxyl groups is 5. The van der Waals surface area contributed by atoms with Crippen molar-refractivity contribution in [1.82, 2.24) is 5.32 Å². The van der Waals surface area contributed by atoms with Crippen molar-refractivity contribution < 1.29 is 49.4 Å². The van der Waals surface area contributed by atoms with Crippen LogP contribution in [0.4, 0.5) is 5.69 Å². The van der Waals surface area contributed by atoms with Crippen LogP contribution in [0.15, 0.2) is 49.9 Å². The number of nitrogens with one attached hydrogen (secondary N) is 2. The Labute approximate surface area is 241 Å². The molecule has 42 heavy (non-hydrogen) atoms. The van der Waals surface area contributed by atoms with Crippen molar-refractivity contribution in [1.29, 1.82) is 0 Å². The quantitative estimate of drug-likeness (QED) is 0.113. The van der Waals surface area contributed by atoms with Crippen LogP contribution in [0.1, 0.15) is 24.7 Å². The minimum Gasteiger partial charge on any atom is -0.478 e. The van der Waals surface area contributed by atoms with Gasteiger partial charge in [-0.2, -0.15) is 0 Å². The van der Waals surface area contributed by atoms with E-state index in [9.17, 15) is 25.2 Å². The van der Waals surface area contributed by atoms with Gasteiger partial charge in [0.1, 0.15) is 66.9 Å². The summed E-state index contributed by atoms with van der Waals surface area (Å²) in [6, 6.07) is 3.20. The molecule has 0 aliphatic carbocycles. The molecule has 13 nitrogen and oxygen atoms in total. The van der Waals surface area contributed by atoms with Crippen molar-refractivity contribution in [3.05, 3.63) is 57.2 Å². The lowest BCUT2D eigenvalue weighted by Gasteiger charge is -2.42. The predicted octanol–water partition coefficient (Wildman–Crippen LogP) is -1.46. The molecule has 4 heterocycles. The fourth-order valence-electron chi connectivity index (χ4n) is 5.53. The van der Waals surface area contributed by atoms with Gasteiger partial charge < -0.3 is 40.0 Å². The van der Waals surface area contributed by atoms with E-state index < -0.39 is 49.3 Å². The number of benzene rings is 1. The van der Waals surface area contributed by atoms with Crippen molar-refractivity contribution in [3.8, 4) is 5.75 Å². The average Bonchev–Trinajstić information content (AvgIpc) is 3.57. The Hall–Kier alpha value is -2.98. The van der Waals surface area contributed by atoms with Crippen molar-refractivity contribution in [2.75, 3.05) is 33.4 Å². The van der Waals surface area contributed by atoms with Gasteiger partial charge in [-0.1, -0.05) is 0 Å². The van der Waals surface area contributed by atoms with E-state index in [1.807, 2.05) is 26.2 Å². The third-order valence-electron chi connectivity index (χ3n) is 8.04. The molecule has 7 unspecified atom stereocenters. The van der Waals surface area contributed by atoms with Crippen LogP contribution in [-0.2, 0) is 16.2 Å². The van der Waals surface area contributed by atoms with Crippen LogP contribution < -0.4 is 20.4 Å². The largest absolute Gasteiger partial charge is 0.478 e. The summed E-state index contributed by atoms with van der Waals surface area (Å²) in [5.74, 6) is 1.07. The zero-order valence-corrected chi connectivity index (χ0v) is 23.7. The Kier molecular flexibility index (Phi) is 8.94. The second-order valence-electron chi connectivity index (χ2n) is 11.2. The number of hydrogen-bond acceptors (Lipinski definition) is 12. The van der Waals surface area contributed by atoms with Crippen LogP contribution in [-0.4, -0.2) is 101 Å². The average molecular weight is 589 g/mol. The highest BCUT2D eigenvalue weighted by atomic mass is 17.2. The van der Waals surface area contributed by atoms with E-state index >= 15 is 0 Å². The van der Waals surface area contributed by atoms with Crippen LogP contribution in [0.2, 0.25) is 0 Å². The van der Waals surface area contributed by atoms with Crippen LogP contribution in [0.5, 0.6) is 5.75 Å². The van der Waals surface area contributed by atoms with Crippen molar-refractivity contribution in [2.45, 2.75) is 62.8 Å². The highest BCUT2D eigenvalue weighted by Gasteiger charge is 2.46. The molecule has 0 amide bonds. The van der Waals surface area contributed by atoms with Gasteiger partial charge in [-0.15, -0.1) is 0 Å². The molecular weight excluding hydrogens is 550 g/mol. The first-order valence-corrected chi connectivity index (χ1v) is 13.9. The molecule has 0 saturated heterocycles. The van der Waals surface area contributed by atoms with E-state index in [2.05, 4.69) is 10.3 Å². The number of hydrogen-bond donors (Lipinski definition) is 7. The fourth-order valence-corrected chi connectivity index (χ4v) is 5.53. The van der Waals surface area contributed by atoms with Gasteiger partial charge in [-0.25, -0.2) is 9.78 Å². The standard InChI is InChI=1S/C29H37N3O10/c1-15-8-20(34)18-9-17-10-23(42-39-14-22(36)26(38)25(37)21(35)13-33)29(2,5-7-30-3)41-27(17)24(28(18)40-15)32-11-16-4-6-31-19(16)12-32/h4,6,8-9,12,21-23,25-26,30,33,35-38H,5,7,10-11,13-14H2,1-3H3/p+1. The van der Waals surface area contributed by atoms with Crippen LogP contribution in [0.25, 0.3) is 11.0 Å². The van der Waals surface area contributed by atoms with Gasteiger partial charge >= 0.3 is 0 Å². The van der Waals surface area contributed by atoms with Gasteiger partial charge in [0.2, 0.25) is 11.3 Å². The van der Waals surface area contributed by atoms with E-state index in [0.29, 0.717) is 59.7 Å². The zero-order chi connectivity index (χ0) is 30.2. The molecule has 0 fully saturated rings. The molecule has 7 atom stereocenters. The number of aliphatic imine (C=N–C) groups is 1. The molecule has 0 bridgehead atoms. The van der Waals surface area contributed by atoms with Gasteiger partial charge in [0.25, 0.3) is 0 Å². The van der Waals surface area contributed by atoms with Gasteiger partial charge in [0, 0.05) is 36.3 Å². The molecule has 3 aliphatic heterocycles. The maximum absolute atomic E-state index is 13.1. The van der Waals surface area contributed by atoms with Crippen molar-refractivity contribution in [3.63, 3.8) is 0 Å². The lowest BCUT2D eigenvalue weighted by Crippen LogP contribution is -3.01. The molecule has 228 valence electrons. The normalized spacial score (nSPS) is 25.8. The third-order valence-corrected chi connectivity index (χ3v) is 8.04. The predicted molar refractivity (Wildman–Crippen MR) is 151 cm³/mol. The summed E-state index contributed by atoms with van der Waals surface area (Å²) in [7, 11) is 1.82. The lowest BCUT2D eigenvalue weighted by molar-refractivity contribution is -0.763. The zero-order valence-electron chi connectivity index (χ0n) is 23.7. The number of ether oxygens (including phenoxy) is 1. The molecule has 3 aliphatic rings. The van der Waals surface area contributed by atoms with Crippen LogP contribution in [0.3, 0.4) is 0 Å². The summed E-state index contributed by atoms with van der Waals surface area (Å²) in [4.78, 5) is 29.6. The van der Waals surface area contributed by atoms with E-state index in [1.165, 1.54) is 6.07 Å². The first-order chi connectivity index (χ1) is 20.1. The highest BCUT2D eigenvalue weighted by molar-refractivity contribution is 5.90. The van der Waals surface area contributed by atoms with Gasteiger partial charge in [-0.05, 0) is 39.6 Å². The Morgan fingerprint density at radius 3 is 2.69 bits per heavy atom. The molecule has 5 rings (SSSR count). The summed E-state index contributed by atoms with van der Waals surface area (Å²) in [6.45, 7) is 3.48. The molecule has 1 aromatic heterocycles. The number of quaternary nitrogens is 1. The SMILES string of the molecule is CNCCC1(C)Oc2c(cc3c(=O)cc(C)oc3c2[NH+]2C=C3N=CC=C3C2)CC1OOCC(O)C(O)C(O)C(O)CO. The van der Waals surface area contributed by atoms with Crippen molar-refractivity contribution >= 4 is 22.9 Å². The smallest absolute Gasteiger partial charge is 0.222 e. The Morgan fingerprint density at radius 1 is 1.21 bits per heavy atom. The second kappa shape index (κ2) is 12.3. The summed E-state index contributed by atoms with van der Waals surface area (Å²) in [5.41, 5.74) is 2.69. The van der Waals surface area contributed by atoms with E-state index in [1.54, 1.807) is 19.2 Å².